The largest absolute Gasteiger partial charge is 0.261 e. The van der Waals surface area contributed by atoms with Gasteiger partial charge >= 0.3 is 0 Å². The summed E-state index contributed by atoms with van der Waals surface area (Å²) in [7, 11) is 0. The van der Waals surface area contributed by atoms with Crippen LogP contribution in [0, 0.1) is 0 Å². The van der Waals surface area contributed by atoms with Crippen molar-refractivity contribution in [2.45, 2.75) is 19.8 Å². The summed E-state index contributed by atoms with van der Waals surface area (Å²) < 4.78 is 0. The molecule has 0 fully saturated rings. The van der Waals surface area contributed by atoms with Gasteiger partial charge in [0, 0.05) is 22.9 Å². The lowest BCUT2D eigenvalue weighted by Gasteiger charge is -1.92. The van der Waals surface area contributed by atoms with E-state index in [2.05, 4.69) is 18.0 Å². The summed E-state index contributed by atoms with van der Waals surface area (Å²) in [5, 5.41) is 0. The molecule has 2 heteroatoms. The van der Waals surface area contributed by atoms with Crippen molar-refractivity contribution in [1.29, 1.82) is 0 Å². The zero-order chi connectivity index (χ0) is 6.53. The number of hydrogen-bond acceptors (Lipinski definition) is 1. The zero-order valence-corrected chi connectivity index (χ0v) is 7.17. The SMILES string of the molecule is CCCc1ccccn1.[Si]. The molecule has 52 valence electrons. The third kappa shape index (κ3) is 2.78. The lowest BCUT2D eigenvalue weighted by Crippen LogP contribution is -1.84. The van der Waals surface area contributed by atoms with Crippen LogP contribution in [-0.2, 0) is 6.42 Å². The van der Waals surface area contributed by atoms with E-state index in [9.17, 15) is 0 Å². The van der Waals surface area contributed by atoms with E-state index in [-0.39, 0.29) is 11.0 Å². The maximum Gasteiger partial charge on any atom is 0.0403 e. The number of hydrogen-bond donors (Lipinski definition) is 0. The van der Waals surface area contributed by atoms with Crippen LogP contribution in [0.2, 0.25) is 0 Å². The molecule has 1 aromatic heterocycles. The van der Waals surface area contributed by atoms with Gasteiger partial charge in [-0.05, 0) is 18.6 Å². The number of rotatable bonds is 2. The molecule has 0 atom stereocenters. The Hall–Kier alpha value is -0.633. The zero-order valence-electron chi connectivity index (χ0n) is 6.17. The van der Waals surface area contributed by atoms with E-state index in [4.69, 9.17) is 0 Å². The van der Waals surface area contributed by atoms with E-state index in [1.54, 1.807) is 0 Å². The summed E-state index contributed by atoms with van der Waals surface area (Å²) >= 11 is 0. The van der Waals surface area contributed by atoms with Crippen molar-refractivity contribution in [3.05, 3.63) is 30.1 Å². The second-order valence-electron chi connectivity index (χ2n) is 2.07. The maximum atomic E-state index is 4.17. The van der Waals surface area contributed by atoms with Crippen molar-refractivity contribution in [1.82, 2.24) is 4.98 Å². The van der Waals surface area contributed by atoms with Crippen LogP contribution < -0.4 is 0 Å². The molecule has 0 aliphatic heterocycles. The van der Waals surface area contributed by atoms with E-state index in [1.165, 1.54) is 12.1 Å². The quantitative estimate of drug-likeness (QED) is 0.583. The van der Waals surface area contributed by atoms with Gasteiger partial charge in [0.25, 0.3) is 0 Å². The van der Waals surface area contributed by atoms with Crippen LogP contribution in [0.15, 0.2) is 24.4 Å². The number of aryl methyl sites for hydroxylation is 1. The van der Waals surface area contributed by atoms with Crippen molar-refractivity contribution >= 4 is 11.0 Å². The van der Waals surface area contributed by atoms with Crippen molar-refractivity contribution in [2.24, 2.45) is 0 Å². The Balaban J connectivity index is 0.000000810. The molecule has 0 amide bonds. The molecule has 10 heavy (non-hydrogen) atoms. The molecular formula is C8H11NSi. The smallest absolute Gasteiger partial charge is 0.0403 e. The summed E-state index contributed by atoms with van der Waals surface area (Å²) in [6, 6.07) is 6.03. The molecule has 0 aromatic carbocycles. The van der Waals surface area contributed by atoms with Gasteiger partial charge in [0.15, 0.2) is 0 Å². The summed E-state index contributed by atoms with van der Waals surface area (Å²) in [4.78, 5) is 4.17. The minimum absolute atomic E-state index is 0. The maximum absolute atomic E-state index is 4.17. The molecule has 0 saturated heterocycles. The molecule has 0 spiro atoms. The predicted octanol–water partition coefficient (Wildman–Crippen LogP) is 1.65. The topological polar surface area (TPSA) is 12.9 Å². The average Bonchev–Trinajstić information content (AvgIpc) is 1.91. The highest BCUT2D eigenvalue weighted by atomic mass is 28.1. The van der Waals surface area contributed by atoms with Crippen molar-refractivity contribution in [2.75, 3.05) is 0 Å². The third-order valence-electron chi connectivity index (χ3n) is 1.23. The van der Waals surface area contributed by atoms with Gasteiger partial charge in [0.2, 0.25) is 0 Å². The molecule has 0 unspecified atom stereocenters. The highest BCUT2D eigenvalue weighted by Gasteiger charge is 1.86. The fourth-order valence-electron chi connectivity index (χ4n) is 0.802. The van der Waals surface area contributed by atoms with Crippen LogP contribution >= 0.6 is 0 Å². The van der Waals surface area contributed by atoms with E-state index >= 15 is 0 Å². The van der Waals surface area contributed by atoms with Crippen LogP contribution in [0.25, 0.3) is 0 Å². The summed E-state index contributed by atoms with van der Waals surface area (Å²) in [6.45, 7) is 2.16. The first-order chi connectivity index (χ1) is 4.43. The Bertz CT molecular complexity index is 162. The van der Waals surface area contributed by atoms with Gasteiger partial charge in [0.05, 0.1) is 0 Å². The van der Waals surface area contributed by atoms with E-state index in [0.717, 1.165) is 6.42 Å². The van der Waals surface area contributed by atoms with Crippen molar-refractivity contribution in [3.8, 4) is 0 Å². The van der Waals surface area contributed by atoms with Crippen molar-refractivity contribution in [3.63, 3.8) is 0 Å². The van der Waals surface area contributed by atoms with Gasteiger partial charge in [-0.15, -0.1) is 0 Å². The Kier molecular flexibility index (Phi) is 4.85. The molecule has 1 rings (SSSR count). The Labute approximate surface area is 66.5 Å². The second-order valence-corrected chi connectivity index (χ2v) is 2.07. The van der Waals surface area contributed by atoms with Gasteiger partial charge < -0.3 is 0 Å². The minimum atomic E-state index is 0. The molecule has 0 saturated carbocycles. The molecule has 1 aromatic rings. The van der Waals surface area contributed by atoms with E-state index < -0.39 is 0 Å². The van der Waals surface area contributed by atoms with Gasteiger partial charge in [0.1, 0.15) is 0 Å². The molecule has 0 N–H and O–H groups in total. The Morgan fingerprint density at radius 3 is 2.70 bits per heavy atom. The summed E-state index contributed by atoms with van der Waals surface area (Å²) in [5.41, 5.74) is 1.19. The van der Waals surface area contributed by atoms with Crippen LogP contribution in [0.1, 0.15) is 19.0 Å². The second kappa shape index (κ2) is 5.18. The van der Waals surface area contributed by atoms with Crippen molar-refractivity contribution < 1.29 is 0 Å². The van der Waals surface area contributed by atoms with Crippen LogP contribution in [0.4, 0.5) is 0 Å². The lowest BCUT2D eigenvalue weighted by molar-refractivity contribution is 0.883. The van der Waals surface area contributed by atoms with Crippen LogP contribution in [-0.4, -0.2) is 15.9 Å². The monoisotopic (exact) mass is 149 g/mol. The number of nitrogens with zero attached hydrogens (tertiary/aromatic N) is 1. The molecule has 0 aliphatic carbocycles. The minimum Gasteiger partial charge on any atom is -0.261 e. The first-order valence-corrected chi connectivity index (χ1v) is 3.33. The molecule has 4 radical (unpaired) electrons. The van der Waals surface area contributed by atoms with Gasteiger partial charge in [-0.1, -0.05) is 19.4 Å². The Morgan fingerprint density at radius 1 is 1.40 bits per heavy atom. The first-order valence-electron chi connectivity index (χ1n) is 3.33. The highest BCUT2D eigenvalue weighted by molar-refractivity contribution is 5.75. The standard InChI is InChI=1S/C8H11N.Si/c1-2-5-8-6-3-4-7-9-8;/h3-4,6-7H,2,5H2,1H3;. The van der Waals surface area contributed by atoms with Crippen LogP contribution in [0.5, 0.6) is 0 Å². The average molecular weight is 149 g/mol. The van der Waals surface area contributed by atoms with Gasteiger partial charge in [-0.25, -0.2) is 0 Å². The lowest BCUT2D eigenvalue weighted by atomic mass is 10.2. The van der Waals surface area contributed by atoms with E-state index in [1.807, 2.05) is 18.3 Å². The third-order valence-corrected chi connectivity index (χ3v) is 1.23. The van der Waals surface area contributed by atoms with Gasteiger partial charge in [-0.2, -0.15) is 0 Å². The van der Waals surface area contributed by atoms with Gasteiger partial charge in [-0.3, -0.25) is 4.98 Å². The first kappa shape index (κ1) is 9.37. The fourth-order valence-corrected chi connectivity index (χ4v) is 0.802. The summed E-state index contributed by atoms with van der Waals surface area (Å²) in [5.74, 6) is 0. The predicted molar refractivity (Wildman–Crippen MR) is 44.0 cm³/mol. The highest BCUT2D eigenvalue weighted by Crippen LogP contribution is 1.95. The number of aromatic nitrogens is 1. The number of pyridine rings is 1. The molecule has 1 heterocycles. The van der Waals surface area contributed by atoms with Crippen LogP contribution in [0.3, 0.4) is 0 Å². The fraction of sp³-hybridized carbons (Fsp3) is 0.375. The molecule has 0 aliphatic rings. The summed E-state index contributed by atoms with van der Waals surface area (Å²) in [6.07, 6.45) is 4.11. The Morgan fingerprint density at radius 2 is 2.20 bits per heavy atom. The normalized spacial score (nSPS) is 8.50. The molecule has 0 bridgehead atoms. The molecule has 1 nitrogen and oxygen atoms in total. The molecular weight excluding hydrogens is 138 g/mol. The van der Waals surface area contributed by atoms with E-state index in [0.29, 0.717) is 0 Å².